The first-order valence-electron chi connectivity index (χ1n) is 8.43. The molecule has 0 unspecified atom stereocenters. The Balaban J connectivity index is 1.82. The molecule has 25 heavy (non-hydrogen) atoms. The standard InChI is InChI=1S/C21H22BrNO2/c1-3-11-25-21-18(22)12-15(13-20(21)24-2)14-23-19-10-6-8-16-7-4-5-9-17(16)19/h4-10,12-13,23H,3,11,14H2,1-2H3. The minimum atomic E-state index is 0.669. The molecule has 3 nitrogen and oxygen atoms in total. The van der Waals surface area contributed by atoms with Gasteiger partial charge in [0.2, 0.25) is 0 Å². The lowest BCUT2D eigenvalue weighted by Gasteiger charge is -2.15. The third-order valence-electron chi connectivity index (χ3n) is 4.01. The summed E-state index contributed by atoms with van der Waals surface area (Å²) in [4.78, 5) is 0. The number of nitrogens with one attached hydrogen (secondary N) is 1. The van der Waals surface area contributed by atoms with E-state index in [9.17, 15) is 0 Å². The molecule has 0 aliphatic heterocycles. The van der Waals surface area contributed by atoms with Crippen molar-refractivity contribution >= 4 is 32.4 Å². The highest BCUT2D eigenvalue weighted by Gasteiger charge is 2.11. The van der Waals surface area contributed by atoms with Crippen molar-refractivity contribution in [2.75, 3.05) is 19.0 Å². The van der Waals surface area contributed by atoms with Gasteiger partial charge in [-0.25, -0.2) is 0 Å². The summed E-state index contributed by atoms with van der Waals surface area (Å²) < 4.78 is 12.2. The average molecular weight is 400 g/mol. The van der Waals surface area contributed by atoms with Gasteiger partial charge in [0, 0.05) is 17.6 Å². The van der Waals surface area contributed by atoms with Gasteiger partial charge in [0.1, 0.15) is 0 Å². The highest BCUT2D eigenvalue weighted by molar-refractivity contribution is 9.10. The zero-order valence-electron chi connectivity index (χ0n) is 14.5. The summed E-state index contributed by atoms with van der Waals surface area (Å²) in [5, 5.41) is 5.98. The maximum atomic E-state index is 5.79. The smallest absolute Gasteiger partial charge is 0.175 e. The van der Waals surface area contributed by atoms with Crippen LogP contribution in [0.2, 0.25) is 0 Å². The lowest BCUT2D eigenvalue weighted by molar-refractivity contribution is 0.292. The van der Waals surface area contributed by atoms with Gasteiger partial charge >= 0.3 is 0 Å². The van der Waals surface area contributed by atoms with Gasteiger partial charge in [-0.3, -0.25) is 0 Å². The predicted octanol–water partition coefficient (Wildman–Crippen LogP) is 6.01. The van der Waals surface area contributed by atoms with Crippen molar-refractivity contribution in [2.24, 2.45) is 0 Å². The SMILES string of the molecule is CCCOc1c(Br)cc(CNc2cccc3ccccc23)cc1OC. The molecule has 3 rings (SSSR count). The molecule has 0 aliphatic rings. The summed E-state index contributed by atoms with van der Waals surface area (Å²) in [6.45, 7) is 3.46. The van der Waals surface area contributed by atoms with Crippen molar-refractivity contribution in [1.82, 2.24) is 0 Å². The van der Waals surface area contributed by atoms with Gasteiger partial charge in [0.15, 0.2) is 11.5 Å². The zero-order chi connectivity index (χ0) is 17.6. The van der Waals surface area contributed by atoms with Crippen LogP contribution in [0.25, 0.3) is 10.8 Å². The van der Waals surface area contributed by atoms with Crippen molar-refractivity contribution in [3.8, 4) is 11.5 Å². The van der Waals surface area contributed by atoms with Gasteiger partial charge in [-0.05, 0) is 51.5 Å². The Bertz CT molecular complexity index is 858. The molecular weight excluding hydrogens is 378 g/mol. The zero-order valence-corrected chi connectivity index (χ0v) is 16.1. The van der Waals surface area contributed by atoms with E-state index in [4.69, 9.17) is 9.47 Å². The largest absolute Gasteiger partial charge is 0.493 e. The summed E-state index contributed by atoms with van der Waals surface area (Å²) in [7, 11) is 1.67. The Hall–Kier alpha value is -2.20. The van der Waals surface area contributed by atoms with E-state index in [0.29, 0.717) is 13.2 Å². The normalized spacial score (nSPS) is 10.7. The number of anilines is 1. The second kappa shape index (κ2) is 8.26. The van der Waals surface area contributed by atoms with E-state index < -0.39 is 0 Å². The van der Waals surface area contributed by atoms with Crippen LogP contribution in [0.1, 0.15) is 18.9 Å². The number of methoxy groups -OCH3 is 1. The predicted molar refractivity (Wildman–Crippen MR) is 108 cm³/mol. The van der Waals surface area contributed by atoms with Crippen molar-refractivity contribution in [1.29, 1.82) is 0 Å². The molecule has 0 spiro atoms. The molecule has 3 aromatic carbocycles. The Morgan fingerprint density at radius 2 is 1.84 bits per heavy atom. The van der Waals surface area contributed by atoms with Crippen LogP contribution in [0.3, 0.4) is 0 Å². The highest BCUT2D eigenvalue weighted by atomic mass is 79.9. The van der Waals surface area contributed by atoms with Gasteiger partial charge in [-0.15, -0.1) is 0 Å². The molecule has 0 amide bonds. The van der Waals surface area contributed by atoms with Crippen LogP contribution in [-0.2, 0) is 6.54 Å². The Morgan fingerprint density at radius 3 is 2.64 bits per heavy atom. The monoisotopic (exact) mass is 399 g/mol. The van der Waals surface area contributed by atoms with Gasteiger partial charge in [-0.1, -0.05) is 43.3 Å². The van der Waals surface area contributed by atoms with E-state index in [0.717, 1.165) is 33.6 Å². The molecule has 0 saturated heterocycles. The third-order valence-corrected chi connectivity index (χ3v) is 4.60. The number of ether oxygens (including phenoxy) is 2. The van der Waals surface area contributed by atoms with Crippen molar-refractivity contribution in [2.45, 2.75) is 19.9 Å². The summed E-state index contributed by atoms with van der Waals surface area (Å²) in [6, 6.07) is 18.8. The quantitative estimate of drug-likeness (QED) is 0.527. The van der Waals surface area contributed by atoms with E-state index >= 15 is 0 Å². The number of halogens is 1. The fraction of sp³-hybridized carbons (Fsp3) is 0.238. The van der Waals surface area contributed by atoms with E-state index in [-0.39, 0.29) is 0 Å². The summed E-state index contributed by atoms with van der Waals surface area (Å²) in [5.41, 5.74) is 2.25. The second-order valence-corrected chi connectivity index (χ2v) is 6.69. The fourth-order valence-corrected chi connectivity index (χ4v) is 3.40. The first kappa shape index (κ1) is 17.6. The van der Waals surface area contributed by atoms with Gasteiger partial charge in [0.05, 0.1) is 18.2 Å². The van der Waals surface area contributed by atoms with Crippen LogP contribution in [0.5, 0.6) is 11.5 Å². The maximum Gasteiger partial charge on any atom is 0.175 e. The summed E-state index contributed by atoms with van der Waals surface area (Å²) in [5.74, 6) is 1.51. The lowest BCUT2D eigenvalue weighted by atomic mass is 10.1. The molecule has 4 heteroatoms. The third kappa shape index (κ3) is 4.07. The molecule has 1 N–H and O–H groups in total. The summed E-state index contributed by atoms with van der Waals surface area (Å²) in [6.07, 6.45) is 0.958. The molecule has 0 aromatic heterocycles. The highest BCUT2D eigenvalue weighted by Crippen LogP contribution is 2.37. The molecule has 0 bridgehead atoms. The summed E-state index contributed by atoms with van der Waals surface area (Å²) >= 11 is 3.60. The number of benzene rings is 3. The fourth-order valence-electron chi connectivity index (χ4n) is 2.80. The first-order chi connectivity index (χ1) is 12.2. The number of fused-ring (bicyclic) bond motifs is 1. The Kier molecular flexibility index (Phi) is 5.82. The van der Waals surface area contributed by atoms with Crippen molar-refractivity contribution < 1.29 is 9.47 Å². The molecule has 0 atom stereocenters. The molecule has 0 aliphatic carbocycles. The van der Waals surface area contributed by atoms with Crippen LogP contribution in [0.15, 0.2) is 59.1 Å². The van der Waals surface area contributed by atoms with Crippen molar-refractivity contribution in [3.05, 3.63) is 64.6 Å². The van der Waals surface area contributed by atoms with E-state index in [2.05, 4.69) is 76.7 Å². The molecule has 3 aromatic rings. The van der Waals surface area contributed by atoms with Gasteiger partial charge in [-0.2, -0.15) is 0 Å². The van der Waals surface area contributed by atoms with Crippen LogP contribution >= 0.6 is 15.9 Å². The topological polar surface area (TPSA) is 30.5 Å². The average Bonchev–Trinajstić information content (AvgIpc) is 2.65. The van der Waals surface area contributed by atoms with Crippen molar-refractivity contribution in [3.63, 3.8) is 0 Å². The number of rotatable bonds is 7. The van der Waals surface area contributed by atoms with E-state index in [1.807, 2.05) is 6.07 Å². The van der Waals surface area contributed by atoms with Crippen LogP contribution in [-0.4, -0.2) is 13.7 Å². The molecule has 0 fully saturated rings. The first-order valence-corrected chi connectivity index (χ1v) is 9.23. The molecule has 0 radical (unpaired) electrons. The maximum absolute atomic E-state index is 5.79. The van der Waals surface area contributed by atoms with E-state index in [1.165, 1.54) is 10.8 Å². The minimum absolute atomic E-state index is 0.669. The molecular formula is C21H22BrNO2. The number of hydrogen-bond donors (Lipinski definition) is 1. The van der Waals surface area contributed by atoms with Gasteiger partial charge < -0.3 is 14.8 Å². The second-order valence-electron chi connectivity index (χ2n) is 5.84. The molecule has 0 saturated carbocycles. The number of hydrogen-bond acceptors (Lipinski definition) is 3. The molecule has 130 valence electrons. The minimum Gasteiger partial charge on any atom is -0.493 e. The van der Waals surface area contributed by atoms with Crippen LogP contribution < -0.4 is 14.8 Å². The van der Waals surface area contributed by atoms with Gasteiger partial charge in [0.25, 0.3) is 0 Å². The van der Waals surface area contributed by atoms with Crippen LogP contribution in [0, 0.1) is 0 Å². The molecule has 0 heterocycles. The lowest BCUT2D eigenvalue weighted by Crippen LogP contribution is -2.03. The van der Waals surface area contributed by atoms with Crippen LogP contribution in [0.4, 0.5) is 5.69 Å². The van der Waals surface area contributed by atoms with E-state index in [1.54, 1.807) is 7.11 Å². The Morgan fingerprint density at radius 1 is 1.04 bits per heavy atom. The Labute approximate surface area is 157 Å².